The number of carbonyl (C=O) groups excluding carboxylic acids is 2. The molecule has 1 N–H and O–H groups in total. The Labute approximate surface area is 155 Å². The van der Waals surface area contributed by atoms with Crippen LogP contribution in [0.1, 0.15) is 40.1 Å². The third-order valence-electron chi connectivity index (χ3n) is 4.19. The Morgan fingerprint density at radius 3 is 2.31 bits per heavy atom. The van der Waals surface area contributed by atoms with Crippen LogP contribution >= 0.6 is 0 Å². The van der Waals surface area contributed by atoms with Gasteiger partial charge in [-0.1, -0.05) is 31.5 Å². The van der Waals surface area contributed by atoms with Gasteiger partial charge in [0, 0.05) is 17.8 Å². The standard InChI is InChI=1S/C21H26N2O3/c1-4-23(5-2)13-14-26-21(25)17-9-11-19(12-10-17)22-20(24)18-8-6-7-16(3)15-18/h6-12,15H,4-5,13-14H2,1-3H3,(H,22,24). The molecule has 5 nitrogen and oxygen atoms in total. The topological polar surface area (TPSA) is 58.6 Å². The normalized spacial score (nSPS) is 10.6. The fourth-order valence-electron chi connectivity index (χ4n) is 2.57. The zero-order valence-corrected chi connectivity index (χ0v) is 15.6. The first-order valence-corrected chi connectivity index (χ1v) is 8.91. The van der Waals surface area contributed by atoms with E-state index in [1.807, 2.05) is 25.1 Å². The Balaban J connectivity index is 1.89. The average Bonchev–Trinajstić information content (AvgIpc) is 2.65. The number of aryl methyl sites for hydroxylation is 1. The molecule has 0 aromatic heterocycles. The summed E-state index contributed by atoms with van der Waals surface area (Å²) in [6.07, 6.45) is 0. The van der Waals surface area contributed by atoms with Gasteiger partial charge in [0.2, 0.25) is 0 Å². The molecule has 0 saturated heterocycles. The largest absolute Gasteiger partial charge is 0.461 e. The van der Waals surface area contributed by atoms with Crippen molar-refractivity contribution in [2.45, 2.75) is 20.8 Å². The molecular weight excluding hydrogens is 328 g/mol. The molecular formula is C21H26N2O3. The number of ether oxygens (including phenoxy) is 1. The smallest absolute Gasteiger partial charge is 0.338 e. The Morgan fingerprint density at radius 2 is 1.69 bits per heavy atom. The third kappa shape index (κ3) is 5.70. The van der Waals surface area contributed by atoms with Crippen LogP contribution in [0.3, 0.4) is 0 Å². The number of likely N-dealkylation sites (N-methyl/N-ethyl adjacent to an activating group) is 1. The molecule has 2 aromatic carbocycles. The van der Waals surface area contributed by atoms with Crippen LogP contribution in [0.2, 0.25) is 0 Å². The van der Waals surface area contributed by atoms with Crippen molar-refractivity contribution in [2.75, 3.05) is 31.6 Å². The number of hydrogen-bond acceptors (Lipinski definition) is 4. The SMILES string of the molecule is CCN(CC)CCOC(=O)c1ccc(NC(=O)c2cccc(C)c2)cc1. The maximum absolute atomic E-state index is 12.2. The predicted molar refractivity (Wildman–Crippen MR) is 104 cm³/mol. The van der Waals surface area contributed by atoms with Crippen LogP contribution in [-0.2, 0) is 4.74 Å². The van der Waals surface area contributed by atoms with Gasteiger partial charge in [0.15, 0.2) is 0 Å². The highest BCUT2D eigenvalue weighted by atomic mass is 16.5. The van der Waals surface area contributed by atoms with E-state index in [-0.39, 0.29) is 11.9 Å². The second-order valence-corrected chi connectivity index (χ2v) is 6.06. The van der Waals surface area contributed by atoms with Crippen LogP contribution < -0.4 is 5.32 Å². The number of amides is 1. The van der Waals surface area contributed by atoms with Crippen molar-refractivity contribution in [2.24, 2.45) is 0 Å². The second-order valence-electron chi connectivity index (χ2n) is 6.06. The van der Waals surface area contributed by atoms with E-state index in [1.54, 1.807) is 30.3 Å². The molecule has 0 aliphatic carbocycles. The van der Waals surface area contributed by atoms with Crippen molar-refractivity contribution in [3.63, 3.8) is 0 Å². The van der Waals surface area contributed by atoms with Gasteiger partial charge in [-0.2, -0.15) is 0 Å². The van der Waals surface area contributed by atoms with Crippen LogP contribution in [0.15, 0.2) is 48.5 Å². The lowest BCUT2D eigenvalue weighted by Gasteiger charge is -2.17. The first kappa shape index (κ1) is 19.7. The van der Waals surface area contributed by atoms with E-state index in [0.29, 0.717) is 23.4 Å². The molecule has 0 atom stereocenters. The maximum atomic E-state index is 12.2. The van der Waals surface area contributed by atoms with Crippen LogP contribution in [-0.4, -0.2) is 43.0 Å². The predicted octanol–water partition coefficient (Wildman–Crippen LogP) is 3.75. The lowest BCUT2D eigenvalue weighted by Crippen LogP contribution is -2.27. The van der Waals surface area contributed by atoms with Gasteiger partial charge in [0.05, 0.1) is 5.56 Å². The summed E-state index contributed by atoms with van der Waals surface area (Å²) in [6.45, 7) is 9.06. The van der Waals surface area contributed by atoms with E-state index in [9.17, 15) is 9.59 Å². The molecule has 0 heterocycles. The summed E-state index contributed by atoms with van der Waals surface area (Å²) in [5.74, 6) is -0.531. The van der Waals surface area contributed by atoms with Gasteiger partial charge in [-0.25, -0.2) is 4.79 Å². The van der Waals surface area contributed by atoms with Crippen LogP contribution in [0.4, 0.5) is 5.69 Å². The highest BCUT2D eigenvalue weighted by Crippen LogP contribution is 2.13. The van der Waals surface area contributed by atoms with Crippen molar-refractivity contribution in [1.82, 2.24) is 4.90 Å². The zero-order chi connectivity index (χ0) is 18.9. The van der Waals surface area contributed by atoms with E-state index in [0.717, 1.165) is 25.2 Å². The minimum Gasteiger partial charge on any atom is -0.461 e. The Kier molecular flexibility index (Phi) is 7.36. The molecule has 0 fully saturated rings. The quantitative estimate of drug-likeness (QED) is 0.734. The lowest BCUT2D eigenvalue weighted by atomic mass is 10.1. The van der Waals surface area contributed by atoms with E-state index in [4.69, 9.17) is 4.74 Å². The summed E-state index contributed by atoms with van der Waals surface area (Å²) in [5.41, 5.74) is 2.74. The highest BCUT2D eigenvalue weighted by Gasteiger charge is 2.10. The second kappa shape index (κ2) is 9.73. The van der Waals surface area contributed by atoms with Gasteiger partial charge < -0.3 is 15.0 Å². The van der Waals surface area contributed by atoms with Gasteiger partial charge in [-0.15, -0.1) is 0 Å². The number of anilines is 1. The van der Waals surface area contributed by atoms with E-state index < -0.39 is 0 Å². The molecule has 0 saturated carbocycles. The number of benzene rings is 2. The summed E-state index contributed by atoms with van der Waals surface area (Å²) < 4.78 is 5.30. The summed E-state index contributed by atoms with van der Waals surface area (Å²) >= 11 is 0. The monoisotopic (exact) mass is 354 g/mol. The molecule has 2 rings (SSSR count). The summed E-state index contributed by atoms with van der Waals surface area (Å²) in [5, 5.41) is 2.83. The van der Waals surface area contributed by atoms with Gasteiger partial charge in [-0.3, -0.25) is 4.79 Å². The first-order valence-electron chi connectivity index (χ1n) is 8.91. The maximum Gasteiger partial charge on any atom is 0.338 e. The van der Waals surface area contributed by atoms with Crippen molar-refractivity contribution < 1.29 is 14.3 Å². The van der Waals surface area contributed by atoms with Gasteiger partial charge in [0.25, 0.3) is 5.91 Å². The van der Waals surface area contributed by atoms with Gasteiger partial charge >= 0.3 is 5.97 Å². The van der Waals surface area contributed by atoms with Crippen molar-refractivity contribution in [1.29, 1.82) is 0 Å². The Morgan fingerprint density at radius 1 is 1.00 bits per heavy atom. The molecule has 2 aromatic rings. The molecule has 0 unspecified atom stereocenters. The van der Waals surface area contributed by atoms with Crippen LogP contribution in [0.5, 0.6) is 0 Å². The van der Waals surface area contributed by atoms with E-state index >= 15 is 0 Å². The number of esters is 1. The molecule has 0 aliphatic heterocycles. The average molecular weight is 354 g/mol. The number of rotatable bonds is 8. The van der Waals surface area contributed by atoms with Gasteiger partial charge in [-0.05, 0) is 56.4 Å². The number of hydrogen-bond donors (Lipinski definition) is 1. The molecule has 5 heteroatoms. The van der Waals surface area contributed by atoms with Crippen molar-refractivity contribution in [3.05, 3.63) is 65.2 Å². The van der Waals surface area contributed by atoms with Crippen molar-refractivity contribution >= 4 is 17.6 Å². The minimum atomic E-state index is -0.353. The molecule has 0 radical (unpaired) electrons. The van der Waals surface area contributed by atoms with E-state index in [2.05, 4.69) is 24.1 Å². The molecule has 0 bridgehead atoms. The number of carbonyl (C=O) groups is 2. The fraction of sp³-hybridized carbons (Fsp3) is 0.333. The van der Waals surface area contributed by atoms with Crippen LogP contribution in [0, 0.1) is 6.92 Å². The number of nitrogens with one attached hydrogen (secondary N) is 1. The minimum absolute atomic E-state index is 0.178. The summed E-state index contributed by atoms with van der Waals surface area (Å²) in [7, 11) is 0. The molecule has 26 heavy (non-hydrogen) atoms. The first-order chi connectivity index (χ1) is 12.5. The molecule has 0 spiro atoms. The Hall–Kier alpha value is -2.66. The highest BCUT2D eigenvalue weighted by molar-refractivity contribution is 6.04. The Bertz CT molecular complexity index is 737. The summed E-state index contributed by atoms with van der Waals surface area (Å²) in [6, 6.07) is 14.1. The third-order valence-corrected chi connectivity index (χ3v) is 4.19. The fourth-order valence-corrected chi connectivity index (χ4v) is 2.57. The lowest BCUT2D eigenvalue weighted by molar-refractivity contribution is 0.0466. The summed E-state index contributed by atoms with van der Waals surface area (Å²) in [4.78, 5) is 26.5. The molecule has 1 amide bonds. The van der Waals surface area contributed by atoms with Crippen LogP contribution in [0.25, 0.3) is 0 Å². The molecule has 138 valence electrons. The van der Waals surface area contributed by atoms with E-state index in [1.165, 1.54) is 0 Å². The number of nitrogens with zero attached hydrogens (tertiary/aromatic N) is 1. The zero-order valence-electron chi connectivity index (χ0n) is 15.6. The molecule has 0 aliphatic rings. The van der Waals surface area contributed by atoms with Gasteiger partial charge in [0.1, 0.15) is 6.61 Å². The van der Waals surface area contributed by atoms with Crippen molar-refractivity contribution in [3.8, 4) is 0 Å².